The smallest absolute Gasteiger partial charge is 0.0997 e. The van der Waals surface area contributed by atoms with E-state index in [1.54, 1.807) is 7.11 Å². The molecule has 2 heteroatoms. The summed E-state index contributed by atoms with van der Waals surface area (Å²) in [6.45, 7) is 2.20. The lowest BCUT2D eigenvalue weighted by Gasteiger charge is -2.11. The minimum absolute atomic E-state index is 0.193. The second-order valence-electron chi connectivity index (χ2n) is 4.38. The van der Waals surface area contributed by atoms with E-state index in [1.807, 2.05) is 6.07 Å². The van der Waals surface area contributed by atoms with Gasteiger partial charge in [-0.15, -0.1) is 0 Å². The molecule has 3 rings (SSSR count). The summed E-state index contributed by atoms with van der Waals surface area (Å²) < 4.78 is 5.48. The molecule has 0 radical (unpaired) electrons. The lowest BCUT2D eigenvalue weighted by Crippen LogP contribution is -2.00. The van der Waals surface area contributed by atoms with Crippen LogP contribution >= 0.6 is 0 Å². The number of nitrogens with zero attached hydrogens (tertiary/aromatic N) is 1. The number of hydrogen-bond donors (Lipinski definition) is 0. The maximum Gasteiger partial charge on any atom is 0.0997 e. The molecule has 0 saturated carbocycles. The average molecular weight is 213 g/mol. The van der Waals surface area contributed by atoms with E-state index >= 15 is 0 Å². The summed E-state index contributed by atoms with van der Waals surface area (Å²) in [5.41, 5.74) is 5.01. The van der Waals surface area contributed by atoms with Gasteiger partial charge < -0.3 is 4.74 Å². The second kappa shape index (κ2) is 3.56. The molecule has 0 spiro atoms. The molecule has 1 unspecified atom stereocenters. The van der Waals surface area contributed by atoms with Gasteiger partial charge in [-0.1, -0.05) is 18.2 Å². The Morgan fingerprint density at radius 3 is 2.94 bits per heavy atom. The summed E-state index contributed by atoms with van der Waals surface area (Å²) in [6.07, 6.45) is 2.35. The first-order valence-electron chi connectivity index (χ1n) is 5.72. The summed E-state index contributed by atoms with van der Waals surface area (Å²) in [5.74, 6) is 0. The third-order valence-electron chi connectivity index (χ3n) is 3.56. The molecule has 1 aliphatic rings. The van der Waals surface area contributed by atoms with Crippen LogP contribution < -0.4 is 0 Å². The van der Waals surface area contributed by atoms with Crippen LogP contribution in [0.15, 0.2) is 24.3 Å². The van der Waals surface area contributed by atoms with Gasteiger partial charge in [0.1, 0.15) is 0 Å². The van der Waals surface area contributed by atoms with E-state index in [4.69, 9.17) is 9.72 Å². The number of methoxy groups -OCH3 is 1. The summed E-state index contributed by atoms with van der Waals surface area (Å²) in [7, 11) is 1.77. The van der Waals surface area contributed by atoms with Gasteiger partial charge in [-0.25, -0.2) is 4.98 Å². The van der Waals surface area contributed by atoms with Gasteiger partial charge in [0.05, 0.1) is 17.3 Å². The highest BCUT2D eigenvalue weighted by atomic mass is 16.5. The Balaban J connectivity index is 2.32. The Morgan fingerprint density at radius 2 is 2.12 bits per heavy atom. The number of pyridine rings is 1. The monoisotopic (exact) mass is 213 g/mol. The average Bonchev–Trinajstić information content (AvgIpc) is 2.72. The third-order valence-corrected chi connectivity index (χ3v) is 3.56. The van der Waals surface area contributed by atoms with Crippen LogP contribution in [-0.2, 0) is 11.2 Å². The normalized spacial score (nSPS) is 19.0. The molecule has 16 heavy (non-hydrogen) atoms. The number of benzene rings is 1. The molecule has 0 amide bonds. The molecule has 2 nitrogen and oxygen atoms in total. The van der Waals surface area contributed by atoms with E-state index in [-0.39, 0.29) is 6.10 Å². The lowest BCUT2D eigenvalue weighted by molar-refractivity contribution is 0.102. The predicted molar refractivity (Wildman–Crippen MR) is 64.6 cm³/mol. The predicted octanol–water partition coefficient (Wildman–Crippen LogP) is 3.18. The summed E-state index contributed by atoms with van der Waals surface area (Å²) in [5, 5.41) is 1.28. The van der Waals surface area contributed by atoms with Crippen molar-refractivity contribution in [1.82, 2.24) is 4.98 Å². The molecular weight excluding hydrogens is 198 g/mol. The van der Waals surface area contributed by atoms with E-state index < -0.39 is 0 Å². The van der Waals surface area contributed by atoms with Crippen LogP contribution in [0.5, 0.6) is 0 Å². The fourth-order valence-electron chi connectivity index (χ4n) is 2.66. The largest absolute Gasteiger partial charge is 0.375 e. The van der Waals surface area contributed by atoms with Crippen LogP contribution in [0.3, 0.4) is 0 Å². The van der Waals surface area contributed by atoms with Crippen LogP contribution in [0.1, 0.15) is 29.3 Å². The second-order valence-corrected chi connectivity index (χ2v) is 4.38. The summed E-state index contributed by atoms with van der Waals surface area (Å²) in [6, 6.07) is 8.34. The number of para-hydroxylation sites is 1. The van der Waals surface area contributed by atoms with Crippen LogP contribution in [0.2, 0.25) is 0 Å². The first-order valence-corrected chi connectivity index (χ1v) is 5.72. The van der Waals surface area contributed by atoms with Crippen molar-refractivity contribution in [2.75, 3.05) is 7.11 Å². The molecule has 0 bridgehead atoms. The molecule has 1 heterocycles. The van der Waals surface area contributed by atoms with Crippen molar-refractivity contribution in [3.05, 3.63) is 41.1 Å². The molecule has 0 saturated heterocycles. The van der Waals surface area contributed by atoms with Crippen molar-refractivity contribution in [3.8, 4) is 0 Å². The van der Waals surface area contributed by atoms with Crippen molar-refractivity contribution in [2.45, 2.75) is 25.9 Å². The maximum atomic E-state index is 5.48. The molecular formula is C14H15NO. The minimum Gasteiger partial charge on any atom is -0.375 e. The highest BCUT2D eigenvalue weighted by Gasteiger charge is 2.26. The third kappa shape index (κ3) is 1.26. The highest BCUT2D eigenvalue weighted by molar-refractivity contribution is 5.83. The molecule has 0 N–H and O–H groups in total. The minimum atomic E-state index is 0.193. The fourth-order valence-corrected chi connectivity index (χ4v) is 2.66. The van der Waals surface area contributed by atoms with Gasteiger partial charge in [0.2, 0.25) is 0 Å². The zero-order chi connectivity index (χ0) is 11.1. The molecule has 82 valence electrons. The molecule has 1 aromatic heterocycles. The van der Waals surface area contributed by atoms with Crippen LogP contribution in [0.4, 0.5) is 0 Å². The number of aryl methyl sites for hydroxylation is 1. The standard InChI is InChI=1S/C14H15NO/c1-9-10-5-3-4-6-12(10)15-14-11(9)7-8-13(14)16-2/h3-6,13H,7-8H2,1-2H3. The molecule has 0 aliphatic heterocycles. The van der Waals surface area contributed by atoms with E-state index in [9.17, 15) is 0 Å². The number of rotatable bonds is 1. The van der Waals surface area contributed by atoms with Crippen molar-refractivity contribution in [1.29, 1.82) is 0 Å². The van der Waals surface area contributed by atoms with Crippen molar-refractivity contribution in [3.63, 3.8) is 0 Å². The zero-order valence-corrected chi connectivity index (χ0v) is 9.66. The number of fused-ring (bicyclic) bond motifs is 2. The Labute approximate surface area is 95.3 Å². The first-order chi connectivity index (χ1) is 7.81. The van der Waals surface area contributed by atoms with Gasteiger partial charge in [-0.05, 0) is 37.0 Å². The number of hydrogen-bond acceptors (Lipinski definition) is 2. The summed E-state index contributed by atoms with van der Waals surface area (Å²) in [4.78, 5) is 4.74. The van der Waals surface area contributed by atoms with Crippen LogP contribution in [0.25, 0.3) is 10.9 Å². The van der Waals surface area contributed by atoms with Gasteiger partial charge in [-0.3, -0.25) is 0 Å². The lowest BCUT2D eigenvalue weighted by atomic mass is 10.0. The number of ether oxygens (including phenoxy) is 1. The summed E-state index contributed by atoms with van der Waals surface area (Å²) >= 11 is 0. The van der Waals surface area contributed by atoms with Gasteiger partial charge in [-0.2, -0.15) is 0 Å². The Morgan fingerprint density at radius 1 is 1.31 bits per heavy atom. The van der Waals surface area contributed by atoms with Gasteiger partial charge in [0.15, 0.2) is 0 Å². The molecule has 1 atom stereocenters. The van der Waals surface area contributed by atoms with Gasteiger partial charge in [0.25, 0.3) is 0 Å². The molecule has 2 aromatic rings. The van der Waals surface area contributed by atoms with E-state index in [2.05, 4.69) is 25.1 Å². The van der Waals surface area contributed by atoms with E-state index in [0.717, 1.165) is 24.1 Å². The highest BCUT2D eigenvalue weighted by Crippen LogP contribution is 2.36. The first kappa shape index (κ1) is 9.79. The SMILES string of the molecule is COC1CCc2c1nc1ccccc1c2C. The van der Waals surface area contributed by atoms with E-state index in [1.165, 1.54) is 16.5 Å². The number of aromatic nitrogens is 1. The van der Waals surface area contributed by atoms with Crippen molar-refractivity contribution < 1.29 is 4.74 Å². The van der Waals surface area contributed by atoms with Crippen molar-refractivity contribution in [2.24, 2.45) is 0 Å². The van der Waals surface area contributed by atoms with Gasteiger partial charge in [0, 0.05) is 12.5 Å². The topological polar surface area (TPSA) is 22.1 Å². The van der Waals surface area contributed by atoms with Crippen LogP contribution in [0, 0.1) is 6.92 Å². The zero-order valence-electron chi connectivity index (χ0n) is 9.66. The van der Waals surface area contributed by atoms with Gasteiger partial charge >= 0.3 is 0 Å². The Bertz CT molecular complexity index is 548. The molecule has 1 aliphatic carbocycles. The molecule has 1 aromatic carbocycles. The molecule has 0 fully saturated rings. The maximum absolute atomic E-state index is 5.48. The Hall–Kier alpha value is -1.41. The van der Waals surface area contributed by atoms with Crippen molar-refractivity contribution >= 4 is 10.9 Å². The Kier molecular flexibility index (Phi) is 2.18. The quantitative estimate of drug-likeness (QED) is 0.725. The fraction of sp³-hybridized carbons (Fsp3) is 0.357. The van der Waals surface area contributed by atoms with Crippen LogP contribution in [-0.4, -0.2) is 12.1 Å². The van der Waals surface area contributed by atoms with E-state index in [0.29, 0.717) is 0 Å².